The number of piperidine rings is 1. The Morgan fingerprint density at radius 1 is 1.37 bits per heavy atom. The van der Waals surface area contributed by atoms with Crippen molar-refractivity contribution in [3.8, 4) is 0 Å². The van der Waals surface area contributed by atoms with E-state index in [0.717, 1.165) is 19.7 Å². The lowest BCUT2D eigenvalue weighted by Gasteiger charge is -2.36. The van der Waals surface area contributed by atoms with Crippen LogP contribution < -0.4 is 5.32 Å². The summed E-state index contributed by atoms with van der Waals surface area (Å²) in [5, 5.41) is 3.57. The van der Waals surface area contributed by atoms with Gasteiger partial charge < -0.3 is 10.1 Å². The van der Waals surface area contributed by atoms with Crippen molar-refractivity contribution in [1.82, 2.24) is 10.2 Å². The first-order chi connectivity index (χ1) is 8.92. The van der Waals surface area contributed by atoms with Crippen LogP contribution in [0.3, 0.4) is 0 Å². The number of rotatable bonds is 7. The van der Waals surface area contributed by atoms with Crippen molar-refractivity contribution in [2.24, 2.45) is 0 Å². The molecule has 1 heterocycles. The minimum Gasteiger partial charge on any atom is -0.377 e. The number of nitrogens with one attached hydrogen (secondary N) is 1. The molecule has 1 N–H and O–H groups in total. The van der Waals surface area contributed by atoms with E-state index in [1.807, 2.05) is 0 Å². The third kappa shape index (κ3) is 7.28. The van der Waals surface area contributed by atoms with E-state index in [1.54, 1.807) is 0 Å². The van der Waals surface area contributed by atoms with Gasteiger partial charge in [0.15, 0.2) is 0 Å². The third-order valence-electron chi connectivity index (χ3n) is 3.89. The Labute approximate surface area is 120 Å². The molecule has 1 aliphatic heterocycles. The Morgan fingerprint density at radius 2 is 2.11 bits per heavy atom. The van der Waals surface area contributed by atoms with Gasteiger partial charge in [-0.15, -0.1) is 0 Å². The third-order valence-corrected chi connectivity index (χ3v) is 3.89. The molecule has 2 unspecified atom stereocenters. The predicted octanol–water partition coefficient (Wildman–Crippen LogP) is 3.04. The first-order valence-corrected chi connectivity index (χ1v) is 8.03. The molecule has 3 nitrogen and oxygen atoms in total. The van der Waals surface area contributed by atoms with Gasteiger partial charge in [0.2, 0.25) is 0 Å². The Kier molecular flexibility index (Phi) is 7.33. The molecule has 0 aliphatic carbocycles. The molecule has 0 aromatic carbocycles. The normalized spacial score (nSPS) is 23.5. The minimum absolute atomic E-state index is 0.244. The second kappa shape index (κ2) is 8.23. The Hall–Kier alpha value is -0.120. The summed E-state index contributed by atoms with van der Waals surface area (Å²) in [5.41, 5.74) is 0.244. The molecule has 3 heteroatoms. The van der Waals surface area contributed by atoms with Crippen LogP contribution in [0, 0.1) is 0 Å². The summed E-state index contributed by atoms with van der Waals surface area (Å²) in [6, 6.07) is 0.685. The van der Waals surface area contributed by atoms with Crippen LogP contribution in [0.4, 0.5) is 0 Å². The lowest BCUT2D eigenvalue weighted by atomic mass is 10.0. The van der Waals surface area contributed by atoms with Gasteiger partial charge in [0.05, 0.1) is 6.10 Å². The van der Waals surface area contributed by atoms with Crippen LogP contribution in [0.2, 0.25) is 0 Å². The van der Waals surface area contributed by atoms with E-state index in [0.29, 0.717) is 12.1 Å². The summed E-state index contributed by atoms with van der Waals surface area (Å²) in [5.74, 6) is 0. The largest absolute Gasteiger partial charge is 0.377 e. The summed E-state index contributed by atoms with van der Waals surface area (Å²) in [6.45, 7) is 15.5. The van der Waals surface area contributed by atoms with Crippen molar-refractivity contribution < 1.29 is 4.74 Å². The van der Waals surface area contributed by atoms with Gasteiger partial charge in [0.25, 0.3) is 0 Å². The van der Waals surface area contributed by atoms with Crippen molar-refractivity contribution in [1.29, 1.82) is 0 Å². The molecule has 0 aromatic heterocycles. The van der Waals surface area contributed by atoms with Crippen LogP contribution in [-0.2, 0) is 4.74 Å². The maximum atomic E-state index is 5.78. The second-order valence-corrected chi connectivity index (χ2v) is 6.88. The van der Waals surface area contributed by atoms with E-state index in [2.05, 4.69) is 44.8 Å². The predicted molar refractivity (Wildman–Crippen MR) is 82.7 cm³/mol. The zero-order valence-electron chi connectivity index (χ0n) is 13.7. The Balaban J connectivity index is 2.19. The van der Waals surface area contributed by atoms with Crippen molar-refractivity contribution in [2.75, 3.05) is 26.2 Å². The maximum Gasteiger partial charge on any atom is 0.0702 e. The number of likely N-dealkylation sites (tertiary alicyclic amines) is 1. The highest BCUT2D eigenvalue weighted by atomic mass is 16.5. The molecule has 0 amide bonds. The molecule has 0 aromatic rings. The minimum atomic E-state index is 0.244. The molecule has 19 heavy (non-hydrogen) atoms. The zero-order valence-corrected chi connectivity index (χ0v) is 13.7. The van der Waals surface area contributed by atoms with Gasteiger partial charge in [-0.05, 0) is 73.4 Å². The van der Waals surface area contributed by atoms with Crippen LogP contribution in [0.25, 0.3) is 0 Å². The summed E-state index contributed by atoms with van der Waals surface area (Å²) in [7, 11) is 0. The van der Waals surface area contributed by atoms with E-state index in [4.69, 9.17) is 4.74 Å². The lowest BCUT2D eigenvalue weighted by Crippen LogP contribution is -2.44. The van der Waals surface area contributed by atoms with Crippen LogP contribution >= 0.6 is 0 Å². The molecule has 114 valence electrons. The summed E-state index contributed by atoms with van der Waals surface area (Å²) in [6.07, 6.45) is 5.53. The highest BCUT2D eigenvalue weighted by Crippen LogP contribution is 2.17. The first-order valence-electron chi connectivity index (χ1n) is 8.03. The monoisotopic (exact) mass is 270 g/mol. The smallest absolute Gasteiger partial charge is 0.0702 e. The number of nitrogens with zero attached hydrogens (tertiary/aromatic N) is 1. The maximum absolute atomic E-state index is 5.78. The van der Waals surface area contributed by atoms with Gasteiger partial charge in [0.1, 0.15) is 0 Å². The molecule has 1 fully saturated rings. The lowest BCUT2D eigenvalue weighted by molar-refractivity contribution is -0.00623. The number of ether oxygens (including phenoxy) is 1. The van der Waals surface area contributed by atoms with E-state index in [9.17, 15) is 0 Å². The summed E-state index contributed by atoms with van der Waals surface area (Å²) in [4.78, 5) is 2.61. The van der Waals surface area contributed by atoms with Crippen LogP contribution in [0.15, 0.2) is 0 Å². The van der Waals surface area contributed by atoms with Gasteiger partial charge in [-0.1, -0.05) is 0 Å². The van der Waals surface area contributed by atoms with Crippen molar-refractivity contribution >= 4 is 0 Å². The highest BCUT2D eigenvalue weighted by molar-refractivity contribution is 4.78. The van der Waals surface area contributed by atoms with Gasteiger partial charge in [-0.3, -0.25) is 4.90 Å². The topological polar surface area (TPSA) is 24.5 Å². The average Bonchev–Trinajstić information content (AvgIpc) is 2.34. The molecule has 1 saturated heterocycles. The zero-order chi connectivity index (χ0) is 14.3. The van der Waals surface area contributed by atoms with Gasteiger partial charge >= 0.3 is 0 Å². The molecule has 0 saturated carbocycles. The van der Waals surface area contributed by atoms with E-state index in [1.165, 1.54) is 32.2 Å². The molecule has 2 atom stereocenters. The summed E-state index contributed by atoms with van der Waals surface area (Å²) < 4.78 is 5.78. The molecule has 1 rings (SSSR count). The standard InChI is InChI=1S/C16H34N2O/c1-6-19-15-10-8-12-18(13-15)14(2)9-7-11-17-16(3,4)5/h14-15,17H,6-13H2,1-5H3. The summed E-state index contributed by atoms with van der Waals surface area (Å²) >= 11 is 0. The van der Waals surface area contributed by atoms with Crippen LogP contribution in [-0.4, -0.2) is 48.8 Å². The fourth-order valence-corrected chi connectivity index (χ4v) is 2.78. The SMILES string of the molecule is CCOC1CCCN(C(C)CCCNC(C)(C)C)C1. The van der Waals surface area contributed by atoms with Crippen LogP contribution in [0.1, 0.15) is 60.3 Å². The average molecular weight is 270 g/mol. The highest BCUT2D eigenvalue weighted by Gasteiger charge is 2.23. The molecular formula is C16H34N2O. The van der Waals surface area contributed by atoms with E-state index < -0.39 is 0 Å². The van der Waals surface area contributed by atoms with Crippen molar-refractivity contribution in [3.05, 3.63) is 0 Å². The quantitative estimate of drug-likeness (QED) is 0.720. The van der Waals surface area contributed by atoms with Gasteiger partial charge in [0, 0.05) is 24.7 Å². The Morgan fingerprint density at radius 3 is 2.74 bits per heavy atom. The Bertz CT molecular complexity index is 235. The first kappa shape index (κ1) is 16.9. The van der Waals surface area contributed by atoms with E-state index >= 15 is 0 Å². The number of hydrogen-bond donors (Lipinski definition) is 1. The van der Waals surface area contributed by atoms with Gasteiger partial charge in [-0.25, -0.2) is 0 Å². The molecule has 1 aliphatic rings. The molecular weight excluding hydrogens is 236 g/mol. The van der Waals surface area contributed by atoms with Crippen LogP contribution in [0.5, 0.6) is 0 Å². The van der Waals surface area contributed by atoms with Gasteiger partial charge in [-0.2, -0.15) is 0 Å². The molecule has 0 bridgehead atoms. The van der Waals surface area contributed by atoms with E-state index in [-0.39, 0.29) is 5.54 Å². The molecule has 0 spiro atoms. The fraction of sp³-hybridized carbons (Fsp3) is 1.00. The van der Waals surface area contributed by atoms with Crippen molar-refractivity contribution in [3.63, 3.8) is 0 Å². The van der Waals surface area contributed by atoms with Crippen molar-refractivity contribution in [2.45, 2.75) is 78.0 Å². The number of hydrogen-bond acceptors (Lipinski definition) is 3. The molecule has 0 radical (unpaired) electrons. The fourth-order valence-electron chi connectivity index (χ4n) is 2.78. The second-order valence-electron chi connectivity index (χ2n) is 6.88.